The van der Waals surface area contributed by atoms with Crippen LogP contribution in [0, 0.1) is 0 Å². The largest absolute Gasteiger partial charge is 0.378 e. The van der Waals surface area contributed by atoms with Crippen LogP contribution in [0.4, 0.5) is 0 Å². The van der Waals surface area contributed by atoms with Gasteiger partial charge in [0.15, 0.2) is 0 Å². The minimum atomic E-state index is -0.312. The van der Waals surface area contributed by atoms with E-state index in [2.05, 4.69) is 17.0 Å². The van der Waals surface area contributed by atoms with Gasteiger partial charge in [-0.2, -0.15) is 0 Å². The molecule has 0 aromatic heterocycles. The van der Waals surface area contributed by atoms with Crippen molar-refractivity contribution in [1.82, 2.24) is 14.7 Å². The number of carbonyl (C=O) groups excluding carboxylic acids is 2. The molecule has 1 aliphatic carbocycles. The zero-order valence-electron chi connectivity index (χ0n) is 15.9. The van der Waals surface area contributed by atoms with Gasteiger partial charge < -0.3 is 14.5 Å². The second kappa shape index (κ2) is 7.98. The summed E-state index contributed by atoms with van der Waals surface area (Å²) in [5, 5.41) is 0. The van der Waals surface area contributed by atoms with Gasteiger partial charge >= 0.3 is 0 Å². The Hall–Kier alpha value is -1.92. The van der Waals surface area contributed by atoms with Gasteiger partial charge in [-0.1, -0.05) is 36.8 Å². The van der Waals surface area contributed by atoms with Crippen LogP contribution in [0.5, 0.6) is 0 Å². The summed E-state index contributed by atoms with van der Waals surface area (Å²) in [7, 11) is 0. The summed E-state index contributed by atoms with van der Waals surface area (Å²) >= 11 is 0. The second-order valence-corrected chi connectivity index (χ2v) is 7.86. The van der Waals surface area contributed by atoms with Crippen LogP contribution in [0.2, 0.25) is 0 Å². The van der Waals surface area contributed by atoms with Crippen molar-refractivity contribution in [3.63, 3.8) is 0 Å². The van der Waals surface area contributed by atoms with Crippen LogP contribution in [0.1, 0.15) is 24.8 Å². The van der Waals surface area contributed by atoms with Crippen molar-refractivity contribution in [3.8, 4) is 0 Å². The second-order valence-electron chi connectivity index (χ2n) is 7.86. The molecular formula is C21H29N3O3. The highest BCUT2D eigenvalue weighted by molar-refractivity contribution is 5.89. The van der Waals surface area contributed by atoms with E-state index in [9.17, 15) is 9.59 Å². The van der Waals surface area contributed by atoms with Crippen LogP contribution >= 0.6 is 0 Å². The normalized spacial score (nSPS) is 23.0. The fraction of sp³-hybridized carbons (Fsp3) is 0.619. The quantitative estimate of drug-likeness (QED) is 0.796. The lowest BCUT2D eigenvalue weighted by molar-refractivity contribution is -0.143. The van der Waals surface area contributed by atoms with E-state index in [4.69, 9.17) is 4.74 Å². The van der Waals surface area contributed by atoms with Crippen LogP contribution < -0.4 is 0 Å². The minimum absolute atomic E-state index is 0.179. The topological polar surface area (TPSA) is 53.1 Å². The van der Waals surface area contributed by atoms with E-state index in [-0.39, 0.29) is 17.2 Å². The number of benzene rings is 1. The highest BCUT2D eigenvalue weighted by Gasteiger charge is 2.47. The number of morpholine rings is 1. The molecule has 0 unspecified atom stereocenters. The van der Waals surface area contributed by atoms with E-state index < -0.39 is 0 Å². The Labute approximate surface area is 161 Å². The first-order valence-corrected chi connectivity index (χ1v) is 10.1. The van der Waals surface area contributed by atoms with Crippen molar-refractivity contribution in [3.05, 3.63) is 35.9 Å². The number of nitrogens with zero attached hydrogens (tertiary/aromatic N) is 3. The molecule has 2 saturated heterocycles. The smallest absolute Gasteiger partial charge is 0.236 e. The van der Waals surface area contributed by atoms with Crippen LogP contribution in [0.25, 0.3) is 0 Å². The lowest BCUT2D eigenvalue weighted by atomic mass is 9.63. The van der Waals surface area contributed by atoms with Crippen molar-refractivity contribution in [2.45, 2.75) is 24.7 Å². The van der Waals surface area contributed by atoms with E-state index in [1.807, 2.05) is 28.0 Å². The zero-order valence-corrected chi connectivity index (χ0v) is 15.9. The maximum atomic E-state index is 13.3. The fourth-order valence-corrected chi connectivity index (χ4v) is 4.43. The van der Waals surface area contributed by atoms with Crippen molar-refractivity contribution in [2.24, 2.45) is 0 Å². The monoisotopic (exact) mass is 371 g/mol. The number of ether oxygens (including phenoxy) is 1. The van der Waals surface area contributed by atoms with Crippen molar-refractivity contribution in [1.29, 1.82) is 0 Å². The molecule has 3 fully saturated rings. The van der Waals surface area contributed by atoms with E-state index in [0.717, 1.165) is 37.9 Å². The van der Waals surface area contributed by atoms with E-state index in [1.165, 1.54) is 0 Å². The van der Waals surface area contributed by atoms with E-state index in [0.29, 0.717) is 45.9 Å². The molecule has 1 aromatic rings. The van der Waals surface area contributed by atoms with Crippen molar-refractivity contribution in [2.75, 3.05) is 59.0 Å². The Bertz CT molecular complexity index is 661. The molecule has 2 heterocycles. The van der Waals surface area contributed by atoms with Crippen LogP contribution in [-0.2, 0) is 19.7 Å². The Morgan fingerprint density at radius 1 is 0.889 bits per heavy atom. The SMILES string of the molecule is O=C(CN1CCN(C(=O)C2(c3ccccc3)CCC2)CC1)N1CCOCC1. The van der Waals surface area contributed by atoms with Gasteiger partial charge in [-0.05, 0) is 18.4 Å². The van der Waals surface area contributed by atoms with Gasteiger partial charge in [0, 0.05) is 39.3 Å². The fourth-order valence-electron chi connectivity index (χ4n) is 4.43. The maximum Gasteiger partial charge on any atom is 0.236 e. The average Bonchev–Trinajstić information content (AvgIpc) is 2.69. The third kappa shape index (κ3) is 3.73. The lowest BCUT2D eigenvalue weighted by Gasteiger charge is -2.46. The predicted octanol–water partition coefficient (Wildman–Crippen LogP) is 1.11. The first-order chi connectivity index (χ1) is 13.2. The number of hydrogen-bond donors (Lipinski definition) is 0. The molecule has 1 aromatic carbocycles. The average molecular weight is 371 g/mol. The van der Waals surface area contributed by atoms with E-state index >= 15 is 0 Å². The summed E-state index contributed by atoms with van der Waals surface area (Å²) < 4.78 is 5.31. The third-order valence-corrected chi connectivity index (χ3v) is 6.33. The van der Waals surface area contributed by atoms with Crippen LogP contribution in [-0.4, -0.2) is 85.5 Å². The van der Waals surface area contributed by atoms with Crippen LogP contribution in [0.3, 0.4) is 0 Å². The van der Waals surface area contributed by atoms with Crippen molar-refractivity contribution >= 4 is 11.8 Å². The van der Waals surface area contributed by atoms with Crippen LogP contribution in [0.15, 0.2) is 30.3 Å². The molecule has 0 bridgehead atoms. The van der Waals surface area contributed by atoms with E-state index in [1.54, 1.807) is 0 Å². The number of rotatable bonds is 4. The summed E-state index contributed by atoms with van der Waals surface area (Å²) in [6.45, 7) is 6.07. The van der Waals surface area contributed by atoms with Gasteiger partial charge in [-0.3, -0.25) is 14.5 Å². The Morgan fingerprint density at radius 2 is 1.56 bits per heavy atom. The molecule has 6 heteroatoms. The molecule has 2 amide bonds. The maximum absolute atomic E-state index is 13.3. The number of carbonyl (C=O) groups is 2. The number of piperazine rings is 1. The predicted molar refractivity (Wildman–Crippen MR) is 102 cm³/mol. The Balaban J connectivity index is 1.32. The van der Waals surface area contributed by atoms with Gasteiger partial charge in [-0.25, -0.2) is 0 Å². The van der Waals surface area contributed by atoms with Gasteiger partial charge in [0.1, 0.15) is 0 Å². The molecule has 6 nitrogen and oxygen atoms in total. The lowest BCUT2D eigenvalue weighted by Crippen LogP contribution is -2.57. The molecule has 4 rings (SSSR count). The van der Waals surface area contributed by atoms with Gasteiger partial charge in [-0.15, -0.1) is 0 Å². The zero-order chi connectivity index (χ0) is 18.7. The molecule has 0 N–H and O–H groups in total. The molecule has 0 atom stereocenters. The molecule has 0 radical (unpaired) electrons. The summed E-state index contributed by atoms with van der Waals surface area (Å²) in [6.07, 6.45) is 3.02. The summed E-state index contributed by atoms with van der Waals surface area (Å²) in [6, 6.07) is 10.2. The molecule has 27 heavy (non-hydrogen) atoms. The first kappa shape index (κ1) is 18.4. The molecule has 1 saturated carbocycles. The summed E-state index contributed by atoms with van der Waals surface area (Å²) in [5.41, 5.74) is 0.846. The molecule has 3 aliphatic rings. The Kier molecular flexibility index (Phi) is 5.45. The standard InChI is InChI=1S/C21H29N3O3/c25-19(23-13-15-27-16-14-23)17-22-9-11-24(12-10-22)20(26)21(7-4-8-21)18-5-2-1-3-6-18/h1-3,5-6H,4,7-17H2. The minimum Gasteiger partial charge on any atom is -0.378 e. The van der Waals surface area contributed by atoms with Gasteiger partial charge in [0.05, 0.1) is 25.2 Å². The first-order valence-electron chi connectivity index (χ1n) is 10.1. The molecule has 2 aliphatic heterocycles. The third-order valence-electron chi connectivity index (χ3n) is 6.33. The molecule has 146 valence electrons. The van der Waals surface area contributed by atoms with Gasteiger partial charge in [0.25, 0.3) is 0 Å². The van der Waals surface area contributed by atoms with Gasteiger partial charge in [0.2, 0.25) is 11.8 Å². The number of amides is 2. The highest BCUT2D eigenvalue weighted by atomic mass is 16.5. The number of hydrogen-bond acceptors (Lipinski definition) is 4. The van der Waals surface area contributed by atoms with Crippen molar-refractivity contribution < 1.29 is 14.3 Å². The summed E-state index contributed by atoms with van der Waals surface area (Å²) in [5.74, 6) is 0.455. The molecular weight excluding hydrogens is 342 g/mol. The molecule has 0 spiro atoms. The Morgan fingerprint density at radius 3 is 2.15 bits per heavy atom. The highest BCUT2D eigenvalue weighted by Crippen LogP contribution is 2.45. The summed E-state index contributed by atoms with van der Waals surface area (Å²) in [4.78, 5) is 31.8.